The van der Waals surface area contributed by atoms with Crippen molar-refractivity contribution < 1.29 is 15.0 Å². The average Bonchev–Trinajstić information content (AvgIpc) is 2.89. The van der Waals surface area contributed by atoms with Crippen LogP contribution in [0.15, 0.2) is 78.9 Å². The van der Waals surface area contributed by atoms with Crippen molar-refractivity contribution in [1.29, 1.82) is 0 Å². The highest BCUT2D eigenvalue weighted by Crippen LogP contribution is 2.36. The summed E-state index contributed by atoms with van der Waals surface area (Å²) in [7, 11) is 0. The number of allylic oxidation sites excluding steroid dienone is 1. The Morgan fingerprint density at radius 3 is 2.03 bits per heavy atom. The molecular weight excluding hydrogens is 472 g/mol. The number of halogens is 1. The molecule has 0 saturated carbocycles. The number of amides is 1. The molecule has 0 radical (unpaired) electrons. The van der Waals surface area contributed by atoms with Crippen LogP contribution in [0.5, 0.6) is 5.75 Å². The minimum Gasteiger partial charge on any atom is -0.508 e. The Balaban J connectivity index is 0.00000361. The molecule has 1 saturated heterocycles. The summed E-state index contributed by atoms with van der Waals surface area (Å²) in [6.07, 6.45) is 4.93. The van der Waals surface area contributed by atoms with Crippen LogP contribution in [-0.2, 0) is 4.79 Å². The second-order valence-electron chi connectivity index (χ2n) is 9.06. The lowest BCUT2D eigenvalue weighted by atomic mass is 9.87. The molecule has 3 aromatic carbocycles. The molecule has 1 amide bonds. The van der Waals surface area contributed by atoms with E-state index in [1.165, 1.54) is 6.42 Å². The summed E-state index contributed by atoms with van der Waals surface area (Å²) in [5, 5.41) is 22.4. The van der Waals surface area contributed by atoms with Gasteiger partial charge >= 0.3 is 0 Å². The molecule has 4 rings (SSSR count). The predicted molar refractivity (Wildman–Crippen MR) is 149 cm³/mol. The van der Waals surface area contributed by atoms with Crippen LogP contribution < -0.4 is 5.32 Å². The zero-order chi connectivity index (χ0) is 24.5. The second-order valence-corrected chi connectivity index (χ2v) is 9.06. The van der Waals surface area contributed by atoms with Crippen LogP contribution in [0.3, 0.4) is 0 Å². The molecule has 1 aliphatic rings. The van der Waals surface area contributed by atoms with Gasteiger partial charge in [0, 0.05) is 12.3 Å². The Hall–Kier alpha value is -3.12. The predicted octanol–water partition coefficient (Wildman–Crippen LogP) is 5.97. The van der Waals surface area contributed by atoms with Gasteiger partial charge in [-0.1, -0.05) is 61.0 Å². The van der Waals surface area contributed by atoms with Gasteiger partial charge in [-0.3, -0.25) is 9.69 Å². The highest BCUT2D eigenvalue weighted by atomic mass is 35.5. The lowest BCUT2D eigenvalue weighted by Gasteiger charge is -2.25. The van der Waals surface area contributed by atoms with Gasteiger partial charge in [0.05, 0.1) is 6.54 Å². The number of benzene rings is 3. The number of anilines is 1. The van der Waals surface area contributed by atoms with E-state index in [1.54, 1.807) is 12.1 Å². The van der Waals surface area contributed by atoms with Crippen LogP contribution in [0.25, 0.3) is 11.1 Å². The van der Waals surface area contributed by atoms with E-state index >= 15 is 0 Å². The Morgan fingerprint density at radius 1 is 0.806 bits per heavy atom. The molecule has 190 valence electrons. The highest BCUT2D eigenvalue weighted by molar-refractivity contribution is 5.99. The third-order valence-electron chi connectivity index (χ3n) is 6.44. The standard InChI is InChI=1S/C30H34N2O3.ClH/c33-21-7-10-28(23-8-3-1-4-9-23)30(25-13-17-27(34)18-14-25)24-11-15-26(16-12-24)31-29(35)22-32-19-5-2-6-20-32;/h1,3-4,8-9,11-18,33-34H,2,5-7,10,19-22H2,(H,31,35);1H/b30-28+;. The first-order chi connectivity index (χ1) is 17.1. The summed E-state index contributed by atoms with van der Waals surface area (Å²) >= 11 is 0. The van der Waals surface area contributed by atoms with Crippen LogP contribution in [0.4, 0.5) is 5.69 Å². The van der Waals surface area contributed by atoms with Crippen molar-refractivity contribution in [3.05, 3.63) is 95.6 Å². The summed E-state index contributed by atoms with van der Waals surface area (Å²) in [6.45, 7) is 2.52. The minimum absolute atomic E-state index is 0. The first-order valence-electron chi connectivity index (χ1n) is 12.5. The molecule has 0 atom stereocenters. The Kier molecular flexibility index (Phi) is 10.6. The molecular formula is C30H35ClN2O3. The third kappa shape index (κ3) is 7.44. The monoisotopic (exact) mass is 506 g/mol. The fourth-order valence-electron chi connectivity index (χ4n) is 4.69. The molecule has 3 N–H and O–H groups in total. The number of carbonyl (C=O) groups excluding carboxylic acids is 1. The third-order valence-corrected chi connectivity index (χ3v) is 6.44. The van der Waals surface area contributed by atoms with E-state index in [9.17, 15) is 15.0 Å². The summed E-state index contributed by atoms with van der Waals surface area (Å²) in [5.74, 6) is 0.235. The van der Waals surface area contributed by atoms with Crippen LogP contribution in [0.2, 0.25) is 0 Å². The number of phenols is 1. The molecule has 1 aliphatic heterocycles. The number of aromatic hydroxyl groups is 1. The number of hydrogen-bond acceptors (Lipinski definition) is 4. The number of nitrogens with one attached hydrogen (secondary N) is 1. The number of piperidine rings is 1. The second kappa shape index (κ2) is 13.8. The Bertz CT molecular complexity index is 1120. The van der Waals surface area contributed by atoms with Gasteiger partial charge in [-0.2, -0.15) is 0 Å². The fraction of sp³-hybridized carbons (Fsp3) is 0.300. The van der Waals surface area contributed by atoms with Gasteiger partial charge in [0.2, 0.25) is 5.91 Å². The number of rotatable bonds is 9. The first-order valence-corrected chi connectivity index (χ1v) is 12.5. The van der Waals surface area contributed by atoms with Crippen LogP contribution >= 0.6 is 12.4 Å². The quantitative estimate of drug-likeness (QED) is 0.313. The Morgan fingerprint density at radius 2 is 1.42 bits per heavy atom. The van der Waals surface area contributed by atoms with Gasteiger partial charge in [0.1, 0.15) is 5.75 Å². The first kappa shape index (κ1) is 27.5. The van der Waals surface area contributed by atoms with Crippen molar-refractivity contribution in [2.45, 2.75) is 32.1 Å². The molecule has 5 nitrogen and oxygen atoms in total. The molecule has 0 unspecified atom stereocenters. The van der Waals surface area contributed by atoms with E-state index in [4.69, 9.17) is 0 Å². The van der Waals surface area contributed by atoms with E-state index < -0.39 is 0 Å². The van der Waals surface area contributed by atoms with E-state index in [2.05, 4.69) is 22.3 Å². The number of phenolic OH excluding ortho intramolecular Hbond substituents is 1. The maximum absolute atomic E-state index is 12.6. The molecule has 1 heterocycles. The molecule has 0 spiro atoms. The maximum atomic E-state index is 12.6. The van der Waals surface area contributed by atoms with Crippen LogP contribution in [0.1, 0.15) is 48.8 Å². The molecule has 0 bridgehead atoms. The summed E-state index contributed by atoms with van der Waals surface area (Å²) in [6, 6.07) is 25.4. The Labute approximate surface area is 219 Å². The van der Waals surface area contributed by atoms with Gasteiger partial charge in [-0.15, -0.1) is 12.4 Å². The molecule has 36 heavy (non-hydrogen) atoms. The van der Waals surface area contributed by atoms with Gasteiger partial charge in [-0.05, 0) is 90.9 Å². The highest BCUT2D eigenvalue weighted by Gasteiger charge is 2.16. The van der Waals surface area contributed by atoms with Gasteiger partial charge in [0.15, 0.2) is 0 Å². The zero-order valence-electron chi connectivity index (χ0n) is 20.5. The molecule has 0 aliphatic carbocycles. The van der Waals surface area contributed by atoms with Crippen LogP contribution in [0, 0.1) is 0 Å². The van der Waals surface area contributed by atoms with Crippen molar-refractivity contribution in [3.8, 4) is 5.75 Å². The van der Waals surface area contributed by atoms with Crippen molar-refractivity contribution in [3.63, 3.8) is 0 Å². The number of hydrogen-bond donors (Lipinski definition) is 3. The van der Waals surface area contributed by atoms with Gasteiger partial charge in [-0.25, -0.2) is 0 Å². The van der Waals surface area contributed by atoms with E-state index in [0.29, 0.717) is 19.4 Å². The lowest BCUT2D eigenvalue weighted by Crippen LogP contribution is -2.36. The topological polar surface area (TPSA) is 72.8 Å². The zero-order valence-corrected chi connectivity index (χ0v) is 21.3. The molecule has 3 aromatic rings. The smallest absolute Gasteiger partial charge is 0.238 e. The van der Waals surface area contributed by atoms with Crippen LogP contribution in [-0.4, -0.2) is 47.3 Å². The number of carbonyl (C=O) groups is 1. The van der Waals surface area contributed by atoms with Crippen molar-refractivity contribution >= 4 is 35.1 Å². The average molecular weight is 507 g/mol. The minimum atomic E-state index is 0. The SMILES string of the molecule is Cl.O=C(CN1CCCCC1)Nc1ccc(/C(=C(/CCCO)c2ccccc2)c2ccc(O)cc2)cc1. The molecule has 6 heteroatoms. The number of nitrogens with zero attached hydrogens (tertiary/aromatic N) is 1. The summed E-state index contributed by atoms with van der Waals surface area (Å²) < 4.78 is 0. The molecule has 0 aromatic heterocycles. The van der Waals surface area contributed by atoms with Crippen molar-refractivity contribution in [1.82, 2.24) is 4.90 Å². The number of aliphatic hydroxyl groups excluding tert-OH is 1. The number of aliphatic hydroxyl groups is 1. The fourth-order valence-corrected chi connectivity index (χ4v) is 4.69. The summed E-state index contributed by atoms with van der Waals surface area (Å²) in [4.78, 5) is 14.8. The number of likely N-dealkylation sites (tertiary alicyclic amines) is 1. The van der Waals surface area contributed by atoms with Gasteiger partial charge < -0.3 is 15.5 Å². The molecule has 1 fully saturated rings. The maximum Gasteiger partial charge on any atom is 0.238 e. The van der Waals surface area contributed by atoms with E-state index in [-0.39, 0.29) is 30.7 Å². The normalized spacial score (nSPS) is 14.5. The van der Waals surface area contributed by atoms with Gasteiger partial charge in [0.25, 0.3) is 0 Å². The summed E-state index contributed by atoms with van der Waals surface area (Å²) in [5.41, 5.74) is 6.06. The lowest BCUT2D eigenvalue weighted by molar-refractivity contribution is -0.117. The largest absolute Gasteiger partial charge is 0.508 e. The van der Waals surface area contributed by atoms with Crippen molar-refractivity contribution in [2.75, 3.05) is 31.6 Å². The van der Waals surface area contributed by atoms with Crippen molar-refractivity contribution in [2.24, 2.45) is 0 Å². The van der Waals surface area contributed by atoms with E-state index in [0.717, 1.165) is 59.5 Å². The van der Waals surface area contributed by atoms with E-state index in [1.807, 2.05) is 54.6 Å².